The topological polar surface area (TPSA) is 49.2 Å². The molecular formula is C19H18F3N3O2S. The molecule has 0 saturated carbocycles. The van der Waals surface area contributed by atoms with E-state index in [0.29, 0.717) is 23.0 Å². The molecule has 1 aromatic heterocycles. The molecule has 0 atom stereocenters. The van der Waals surface area contributed by atoms with Crippen LogP contribution in [0, 0.1) is 0 Å². The number of aromatic nitrogens is 3. The fraction of sp³-hybridized carbons (Fsp3) is 0.263. The number of methoxy groups -OCH3 is 1. The third-order valence-corrected chi connectivity index (χ3v) is 4.92. The van der Waals surface area contributed by atoms with Crippen molar-refractivity contribution in [3.8, 4) is 22.9 Å². The molecule has 5 nitrogen and oxygen atoms in total. The molecule has 0 bridgehead atoms. The highest BCUT2D eigenvalue weighted by atomic mass is 32.2. The highest BCUT2D eigenvalue weighted by Gasteiger charge is 2.31. The summed E-state index contributed by atoms with van der Waals surface area (Å²) in [6.45, 7) is 2.64. The second-order valence-electron chi connectivity index (χ2n) is 5.76. The normalized spacial score (nSPS) is 11.5. The summed E-state index contributed by atoms with van der Waals surface area (Å²) < 4.78 is 48.2. The first-order valence-corrected chi connectivity index (χ1v) is 9.43. The number of ether oxygens (including phenoxy) is 2. The number of halogens is 3. The molecule has 0 spiro atoms. The summed E-state index contributed by atoms with van der Waals surface area (Å²) in [6.07, 6.45) is -4.71. The molecule has 3 aromatic rings. The molecule has 9 heteroatoms. The van der Waals surface area contributed by atoms with E-state index in [2.05, 4.69) is 14.9 Å². The summed E-state index contributed by atoms with van der Waals surface area (Å²) in [5.41, 5.74) is 1.60. The number of thioether (sulfide) groups is 1. The van der Waals surface area contributed by atoms with Crippen LogP contribution >= 0.6 is 11.8 Å². The van der Waals surface area contributed by atoms with E-state index in [1.165, 1.54) is 30.0 Å². The Balaban J connectivity index is 1.75. The summed E-state index contributed by atoms with van der Waals surface area (Å²) >= 11 is 1.40. The third kappa shape index (κ3) is 4.98. The summed E-state index contributed by atoms with van der Waals surface area (Å²) in [6, 6.07) is 13.4. The summed E-state index contributed by atoms with van der Waals surface area (Å²) in [7, 11) is 1.60. The lowest BCUT2D eigenvalue weighted by molar-refractivity contribution is -0.274. The lowest BCUT2D eigenvalue weighted by atomic mass is 10.2. The van der Waals surface area contributed by atoms with Gasteiger partial charge in [-0.15, -0.1) is 23.4 Å². The van der Waals surface area contributed by atoms with Crippen molar-refractivity contribution in [1.82, 2.24) is 14.8 Å². The first-order valence-electron chi connectivity index (χ1n) is 8.44. The number of nitrogens with zero attached hydrogens (tertiary/aromatic N) is 3. The highest BCUT2D eigenvalue weighted by molar-refractivity contribution is 7.98. The van der Waals surface area contributed by atoms with Gasteiger partial charge >= 0.3 is 6.36 Å². The van der Waals surface area contributed by atoms with E-state index in [9.17, 15) is 13.2 Å². The maximum absolute atomic E-state index is 12.4. The van der Waals surface area contributed by atoms with Crippen LogP contribution < -0.4 is 9.47 Å². The van der Waals surface area contributed by atoms with Crippen LogP contribution in [0.2, 0.25) is 0 Å². The van der Waals surface area contributed by atoms with Gasteiger partial charge in [0.2, 0.25) is 0 Å². The number of benzene rings is 2. The fourth-order valence-electron chi connectivity index (χ4n) is 2.61. The zero-order chi connectivity index (χ0) is 20.1. The minimum atomic E-state index is -4.71. The van der Waals surface area contributed by atoms with Gasteiger partial charge in [-0.1, -0.05) is 23.9 Å². The van der Waals surface area contributed by atoms with Crippen molar-refractivity contribution >= 4 is 11.8 Å². The average molecular weight is 409 g/mol. The molecule has 0 aliphatic rings. The van der Waals surface area contributed by atoms with Gasteiger partial charge in [-0.2, -0.15) is 0 Å². The van der Waals surface area contributed by atoms with Crippen molar-refractivity contribution in [2.45, 2.75) is 30.7 Å². The predicted octanol–water partition coefficient (Wildman–Crippen LogP) is 5.16. The van der Waals surface area contributed by atoms with E-state index in [-0.39, 0.29) is 5.75 Å². The van der Waals surface area contributed by atoms with Gasteiger partial charge in [0.05, 0.1) is 7.11 Å². The molecule has 1 heterocycles. The van der Waals surface area contributed by atoms with Gasteiger partial charge in [0.1, 0.15) is 11.5 Å². The number of alkyl halides is 3. The quantitative estimate of drug-likeness (QED) is 0.504. The molecule has 148 valence electrons. The monoisotopic (exact) mass is 409 g/mol. The van der Waals surface area contributed by atoms with Crippen molar-refractivity contribution in [2.24, 2.45) is 0 Å². The Hall–Kier alpha value is -2.68. The predicted molar refractivity (Wildman–Crippen MR) is 100 cm³/mol. The Morgan fingerprint density at radius 2 is 1.79 bits per heavy atom. The Morgan fingerprint density at radius 1 is 1.04 bits per heavy atom. The van der Waals surface area contributed by atoms with Gasteiger partial charge in [0.25, 0.3) is 0 Å². The van der Waals surface area contributed by atoms with Crippen molar-refractivity contribution < 1.29 is 22.6 Å². The SMILES string of the molecule is CCn1c(SCc2cccc(OC(F)(F)F)c2)nnc1-c1ccc(OC)cc1. The van der Waals surface area contributed by atoms with Gasteiger partial charge in [-0.3, -0.25) is 0 Å². The maximum Gasteiger partial charge on any atom is 0.573 e. The molecular weight excluding hydrogens is 391 g/mol. The van der Waals surface area contributed by atoms with Crippen LogP contribution in [0.25, 0.3) is 11.4 Å². The Bertz CT molecular complexity index is 927. The second kappa shape index (κ2) is 8.55. The molecule has 0 unspecified atom stereocenters. The van der Waals surface area contributed by atoms with Gasteiger partial charge in [-0.05, 0) is 48.9 Å². The number of hydrogen-bond acceptors (Lipinski definition) is 5. The van der Waals surface area contributed by atoms with Crippen molar-refractivity contribution in [3.63, 3.8) is 0 Å². The zero-order valence-electron chi connectivity index (χ0n) is 15.2. The lowest BCUT2D eigenvalue weighted by Crippen LogP contribution is -2.17. The van der Waals surface area contributed by atoms with Crippen LogP contribution in [0.3, 0.4) is 0 Å². The van der Waals surface area contributed by atoms with Crippen LogP contribution in [-0.2, 0) is 12.3 Å². The molecule has 0 N–H and O–H groups in total. The van der Waals surface area contributed by atoms with Crippen LogP contribution in [0.4, 0.5) is 13.2 Å². The van der Waals surface area contributed by atoms with Crippen molar-refractivity contribution in [1.29, 1.82) is 0 Å². The van der Waals surface area contributed by atoms with Crippen LogP contribution in [-0.4, -0.2) is 28.2 Å². The number of hydrogen-bond donors (Lipinski definition) is 0. The van der Waals surface area contributed by atoms with Crippen LogP contribution in [0.1, 0.15) is 12.5 Å². The summed E-state index contributed by atoms with van der Waals surface area (Å²) in [4.78, 5) is 0. The van der Waals surface area contributed by atoms with Gasteiger partial charge in [-0.25, -0.2) is 0 Å². The molecule has 0 radical (unpaired) electrons. The Kier molecular flexibility index (Phi) is 6.13. The average Bonchev–Trinajstić information content (AvgIpc) is 3.08. The van der Waals surface area contributed by atoms with Crippen LogP contribution in [0.5, 0.6) is 11.5 Å². The van der Waals surface area contributed by atoms with E-state index < -0.39 is 6.36 Å². The molecule has 2 aromatic carbocycles. The molecule has 0 saturated heterocycles. The molecule has 0 amide bonds. The molecule has 0 aliphatic heterocycles. The molecule has 0 fully saturated rings. The maximum atomic E-state index is 12.4. The summed E-state index contributed by atoms with van der Waals surface area (Å²) in [5.74, 6) is 1.68. The second-order valence-corrected chi connectivity index (χ2v) is 6.71. The van der Waals surface area contributed by atoms with E-state index in [0.717, 1.165) is 17.1 Å². The molecule has 28 heavy (non-hydrogen) atoms. The van der Waals surface area contributed by atoms with Crippen LogP contribution in [0.15, 0.2) is 53.7 Å². The third-order valence-electron chi connectivity index (χ3n) is 3.88. The fourth-order valence-corrected chi connectivity index (χ4v) is 3.56. The smallest absolute Gasteiger partial charge is 0.497 e. The van der Waals surface area contributed by atoms with E-state index in [1.54, 1.807) is 13.2 Å². The first kappa shape index (κ1) is 20.1. The lowest BCUT2D eigenvalue weighted by Gasteiger charge is -2.10. The number of rotatable bonds is 7. The van der Waals surface area contributed by atoms with Crippen molar-refractivity contribution in [2.75, 3.05) is 7.11 Å². The standard InChI is InChI=1S/C19H18F3N3O2S/c1-3-25-17(14-7-9-15(26-2)10-8-14)23-24-18(25)28-12-13-5-4-6-16(11-13)27-19(20,21)22/h4-11H,3,12H2,1-2H3. The Labute approximate surface area is 164 Å². The zero-order valence-corrected chi connectivity index (χ0v) is 16.0. The molecule has 0 aliphatic carbocycles. The van der Waals surface area contributed by atoms with Gasteiger partial charge < -0.3 is 14.0 Å². The minimum absolute atomic E-state index is 0.235. The summed E-state index contributed by atoms with van der Waals surface area (Å²) in [5, 5.41) is 9.20. The largest absolute Gasteiger partial charge is 0.573 e. The van der Waals surface area contributed by atoms with E-state index >= 15 is 0 Å². The van der Waals surface area contributed by atoms with Gasteiger partial charge in [0.15, 0.2) is 11.0 Å². The van der Waals surface area contributed by atoms with Gasteiger partial charge in [0, 0.05) is 17.9 Å². The highest BCUT2D eigenvalue weighted by Crippen LogP contribution is 2.29. The molecule has 3 rings (SSSR count). The van der Waals surface area contributed by atoms with E-state index in [1.807, 2.05) is 35.8 Å². The first-order chi connectivity index (χ1) is 13.4. The Morgan fingerprint density at radius 3 is 2.43 bits per heavy atom. The van der Waals surface area contributed by atoms with Crippen molar-refractivity contribution in [3.05, 3.63) is 54.1 Å². The van der Waals surface area contributed by atoms with E-state index in [4.69, 9.17) is 4.74 Å². The minimum Gasteiger partial charge on any atom is -0.497 e.